The van der Waals surface area contributed by atoms with Gasteiger partial charge in [-0.15, -0.1) is 0 Å². The van der Waals surface area contributed by atoms with Crippen LogP contribution in [-0.4, -0.2) is 32.4 Å². The van der Waals surface area contributed by atoms with Gasteiger partial charge in [-0.3, -0.25) is 0 Å². The van der Waals surface area contributed by atoms with Crippen LogP contribution in [-0.2, 0) is 21.3 Å². The van der Waals surface area contributed by atoms with Crippen molar-refractivity contribution in [1.82, 2.24) is 4.90 Å². The highest BCUT2D eigenvalue weighted by Crippen LogP contribution is 2.35. The van der Waals surface area contributed by atoms with Crippen LogP contribution in [0.25, 0.3) is 0 Å². The molecule has 0 bridgehead atoms. The fraction of sp³-hybridized carbons (Fsp3) is 0.682. The van der Waals surface area contributed by atoms with Crippen molar-refractivity contribution < 1.29 is 14.0 Å². The van der Waals surface area contributed by atoms with E-state index in [9.17, 15) is 4.79 Å². The molecular formula is C22H34ClNO3Si. The molecule has 0 atom stereocenters. The predicted octanol–water partition coefficient (Wildman–Crippen LogP) is 6.33. The lowest BCUT2D eigenvalue weighted by atomic mass is 9.96. The number of amides is 1. The lowest BCUT2D eigenvalue weighted by molar-refractivity contribution is 0.0216. The van der Waals surface area contributed by atoms with Crippen molar-refractivity contribution in [3.05, 3.63) is 34.3 Å². The maximum Gasteiger partial charge on any atom is 0.410 e. The summed E-state index contributed by atoms with van der Waals surface area (Å²) in [5, 5.41) is 0.781. The van der Waals surface area contributed by atoms with E-state index < -0.39 is 11.2 Å². The fourth-order valence-corrected chi connectivity index (χ4v) is 3.73. The van der Waals surface area contributed by atoms with Crippen molar-refractivity contribution in [2.45, 2.75) is 97.1 Å². The van der Waals surface area contributed by atoms with E-state index in [1.807, 2.05) is 51.7 Å². The molecule has 0 N–H and O–H groups in total. The smallest absolute Gasteiger partial charge is 0.410 e. The Balaban J connectivity index is 2.20. The van der Waals surface area contributed by atoms with Gasteiger partial charge in [0.05, 0.1) is 5.60 Å². The first kappa shape index (κ1) is 23.2. The third-order valence-electron chi connectivity index (χ3n) is 4.26. The van der Waals surface area contributed by atoms with Crippen LogP contribution in [0.1, 0.15) is 79.4 Å². The SMILES string of the molecule is CC(C)(C)OC(=O)N(Cc1ccc(Cl)c(C(C)(C)O[Si]C(C)(C)C)c1)C1CC1. The summed E-state index contributed by atoms with van der Waals surface area (Å²) in [4.78, 5) is 14.5. The second-order valence-electron chi connectivity index (χ2n) is 10.1. The van der Waals surface area contributed by atoms with E-state index in [0.717, 1.165) is 24.0 Å². The molecule has 1 saturated carbocycles. The zero-order chi connectivity index (χ0) is 21.3. The first-order valence-electron chi connectivity index (χ1n) is 9.92. The van der Waals surface area contributed by atoms with Crippen LogP contribution < -0.4 is 0 Å². The first-order valence-corrected chi connectivity index (χ1v) is 11.2. The molecule has 0 unspecified atom stereocenters. The van der Waals surface area contributed by atoms with Gasteiger partial charge in [0.1, 0.15) is 5.60 Å². The molecule has 2 radical (unpaired) electrons. The van der Waals surface area contributed by atoms with Gasteiger partial charge < -0.3 is 14.1 Å². The van der Waals surface area contributed by atoms with Crippen molar-refractivity contribution in [2.24, 2.45) is 0 Å². The second-order valence-corrected chi connectivity index (χ2v) is 12.4. The summed E-state index contributed by atoms with van der Waals surface area (Å²) in [5.74, 6) is 0. The van der Waals surface area contributed by atoms with Crippen molar-refractivity contribution in [3.8, 4) is 0 Å². The lowest BCUT2D eigenvalue weighted by Crippen LogP contribution is -2.38. The van der Waals surface area contributed by atoms with Crippen LogP contribution in [0.3, 0.4) is 0 Å². The van der Waals surface area contributed by atoms with Gasteiger partial charge in [-0.1, -0.05) is 38.4 Å². The van der Waals surface area contributed by atoms with Crippen LogP contribution >= 0.6 is 11.6 Å². The van der Waals surface area contributed by atoms with Gasteiger partial charge in [-0.25, -0.2) is 4.79 Å². The topological polar surface area (TPSA) is 38.8 Å². The summed E-state index contributed by atoms with van der Waals surface area (Å²) in [6, 6.07) is 6.21. The van der Waals surface area contributed by atoms with Gasteiger partial charge in [0.15, 0.2) is 0 Å². The normalized spacial score (nSPS) is 15.5. The second kappa shape index (κ2) is 8.37. The highest BCUT2D eigenvalue weighted by Gasteiger charge is 2.35. The van der Waals surface area contributed by atoms with Crippen LogP contribution in [0.5, 0.6) is 0 Å². The van der Waals surface area contributed by atoms with Crippen molar-refractivity contribution in [2.75, 3.05) is 0 Å². The van der Waals surface area contributed by atoms with Crippen LogP contribution in [0.15, 0.2) is 18.2 Å². The zero-order valence-electron chi connectivity index (χ0n) is 18.5. The van der Waals surface area contributed by atoms with Crippen LogP contribution in [0, 0.1) is 0 Å². The van der Waals surface area contributed by atoms with E-state index >= 15 is 0 Å². The van der Waals surface area contributed by atoms with Gasteiger partial charge in [0, 0.05) is 23.2 Å². The maximum absolute atomic E-state index is 12.7. The molecule has 1 fully saturated rings. The third-order valence-corrected chi connectivity index (χ3v) is 5.81. The average molecular weight is 424 g/mol. The van der Waals surface area contributed by atoms with Crippen LogP contribution in [0.4, 0.5) is 4.79 Å². The number of benzene rings is 1. The van der Waals surface area contributed by atoms with Crippen molar-refractivity contribution in [1.29, 1.82) is 0 Å². The summed E-state index contributed by atoms with van der Waals surface area (Å²) in [6.45, 7) is 16.8. The molecule has 0 heterocycles. The van der Waals surface area contributed by atoms with Gasteiger partial charge >= 0.3 is 6.09 Å². The fourth-order valence-electron chi connectivity index (χ4n) is 2.71. The molecule has 1 amide bonds. The van der Waals surface area contributed by atoms with Gasteiger partial charge in [-0.2, -0.15) is 0 Å². The average Bonchev–Trinajstić information content (AvgIpc) is 3.34. The van der Waals surface area contributed by atoms with E-state index in [0.29, 0.717) is 21.3 Å². The van der Waals surface area contributed by atoms with E-state index in [1.54, 1.807) is 0 Å². The highest BCUT2D eigenvalue weighted by molar-refractivity contribution is 6.32. The highest BCUT2D eigenvalue weighted by atomic mass is 35.5. The molecular weight excluding hydrogens is 390 g/mol. The number of hydrogen-bond acceptors (Lipinski definition) is 3. The number of rotatable bonds is 6. The summed E-state index contributed by atoms with van der Waals surface area (Å²) >= 11 is 6.51. The molecule has 1 aromatic carbocycles. The minimum atomic E-state index is -0.505. The number of carbonyl (C=O) groups is 1. The third kappa shape index (κ3) is 7.09. The molecule has 0 spiro atoms. The number of ether oxygens (including phenoxy) is 1. The van der Waals surface area contributed by atoms with E-state index in [1.165, 1.54) is 0 Å². The molecule has 1 aliphatic rings. The number of halogens is 1. The number of nitrogens with zero attached hydrogens (tertiary/aromatic N) is 1. The van der Waals surface area contributed by atoms with Crippen molar-refractivity contribution >= 4 is 27.5 Å². The molecule has 0 aromatic heterocycles. The monoisotopic (exact) mass is 423 g/mol. The molecule has 28 heavy (non-hydrogen) atoms. The molecule has 1 aromatic rings. The molecule has 2 rings (SSSR count). The minimum Gasteiger partial charge on any atom is -0.444 e. The number of carbonyl (C=O) groups excluding carboxylic acids is 1. The molecule has 6 heteroatoms. The largest absolute Gasteiger partial charge is 0.444 e. The Bertz CT molecular complexity index is 703. The Hall–Kier alpha value is -1.04. The van der Waals surface area contributed by atoms with E-state index in [2.05, 4.69) is 26.8 Å². The van der Waals surface area contributed by atoms with Gasteiger partial charge in [0.2, 0.25) is 9.76 Å². The maximum atomic E-state index is 12.7. The summed E-state index contributed by atoms with van der Waals surface area (Å²) in [5.41, 5.74) is 0.977. The Morgan fingerprint density at radius 2 is 1.75 bits per heavy atom. The van der Waals surface area contributed by atoms with Crippen molar-refractivity contribution in [3.63, 3.8) is 0 Å². The van der Waals surface area contributed by atoms with Gasteiger partial charge in [0.25, 0.3) is 0 Å². The summed E-state index contributed by atoms with van der Waals surface area (Å²) in [6.07, 6.45) is 1.80. The van der Waals surface area contributed by atoms with Gasteiger partial charge in [-0.05, 0) is 70.2 Å². The Morgan fingerprint density at radius 1 is 1.14 bits per heavy atom. The first-order chi connectivity index (χ1) is 12.7. The Labute approximate surface area is 177 Å². The predicted molar refractivity (Wildman–Crippen MR) is 116 cm³/mol. The summed E-state index contributed by atoms with van der Waals surface area (Å²) in [7, 11) is 0.360. The van der Waals surface area contributed by atoms with Crippen LogP contribution in [0.2, 0.25) is 10.1 Å². The van der Waals surface area contributed by atoms with E-state index in [-0.39, 0.29) is 17.2 Å². The Kier molecular flexibility index (Phi) is 6.94. The quantitative estimate of drug-likeness (QED) is 0.502. The lowest BCUT2D eigenvalue weighted by Gasteiger charge is -2.31. The minimum absolute atomic E-state index is 0.0981. The Morgan fingerprint density at radius 3 is 2.25 bits per heavy atom. The molecule has 4 nitrogen and oxygen atoms in total. The standard InChI is InChI=1S/C22H34ClNO3Si/c1-20(2,3)26-19(25)24(16-10-11-16)14-15-9-12-18(23)17(13-15)22(7,8)27-28-21(4,5)6/h9,12-13,16H,10-11,14H2,1-8H3. The molecule has 1 aliphatic carbocycles. The molecule has 0 aliphatic heterocycles. The summed E-state index contributed by atoms with van der Waals surface area (Å²) < 4.78 is 11.8. The van der Waals surface area contributed by atoms with E-state index in [4.69, 9.17) is 20.8 Å². The molecule has 0 saturated heterocycles. The molecule has 156 valence electrons. The number of hydrogen-bond donors (Lipinski definition) is 0. The zero-order valence-corrected chi connectivity index (χ0v) is 20.2.